The van der Waals surface area contributed by atoms with Gasteiger partial charge in [0.15, 0.2) is 0 Å². The topological polar surface area (TPSA) is 0 Å². The van der Waals surface area contributed by atoms with E-state index in [1.165, 1.54) is 98.0 Å². The first-order chi connectivity index (χ1) is 23.8. The zero-order valence-electron chi connectivity index (χ0n) is 26.3. The van der Waals surface area contributed by atoms with E-state index in [2.05, 4.69) is 182 Å². The number of hydrogen-bond donors (Lipinski definition) is 0. The van der Waals surface area contributed by atoms with E-state index < -0.39 is 0 Å². The lowest BCUT2D eigenvalue weighted by atomic mass is 9.82. The molecular weight excluding hydrogens is 577 g/mol. The van der Waals surface area contributed by atoms with Crippen molar-refractivity contribution >= 4 is 64.6 Å². The van der Waals surface area contributed by atoms with Crippen molar-refractivity contribution in [2.75, 3.05) is 0 Å². The molecule has 0 saturated carbocycles. The Morgan fingerprint density at radius 1 is 0.229 bits per heavy atom. The van der Waals surface area contributed by atoms with Crippen molar-refractivity contribution in [3.63, 3.8) is 0 Å². The van der Waals surface area contributed by atoms with Gasteiger partial charge in [-0.15, -0.1) is 0 Å². The lowest BCUT2D eigenvalue weighted by Crippen LogP contribution is -1.93. The van der Waals surface area contributed by atoms with Crippen LogP contribution in [0.2, 0.25) is 0 Å². The summed E-state index contributed by atoms with van der Waals surface area (Å²) in [5, 5.41) is 15.3. The summed E-state index contributed by atoms with van der Waals surface area (Å²) in [7, 11) is 0. The van der Waals surface area contributed by atoms with Gasteiger partial charge in [0.2, 0.25) is 0 Å². The van der Waals surface area contributed by atoms with Gasteiger partial charge in [-0.1, -0.05) is 176 Å². The molecule has 0 atom stereocenters. The Balaban J connectivity index is 1.32. The monoisotopic (exact) mass is 606 g/mol. The van der Waals surface area contributed by atoms with Crippen LogP contribution in [0.5, 0.6) is 0 Å². The zero-order chi connectivity index (χ0) is 31.6. The third kappa shape index (κ3) is 4.03. The van der Waals surface area contributed by atoms with Crippen molar-refractivity contribution in [2.45, 2.75) is 0 Å². The Morgan fingerprint density at radius 2 is 0.750 bits per heavy atom. The maximum absolute atomic E-state index is 2.42. The normalized spacial score (nSPS) is 11.8. The molecule has 0 aromatic heterocycles. The highest BCUT2D eigenvalue weighted by atomic mass is 14.2. The average molecular weight is 607 g/mol. The molecule has 222 valence electrons. The van der Waals surface area contributed by atoms with E-state index in [-0.39, 0.29) is 0 Å². The summed E-state index contributed by atoms with van der Waals surface area (Å²) >= 11 is 0. The van der Waals surface area contributed by atoms with Gasteiger partial charge in [-0.3, -0.25) is 0 Å². The standard InChI is InChI=1S/C48H30/c1-4-16-36-31(12-1)15-11-23-37(36)33-24-26-34(27-25-33)46-42-21-9-10-22-43(42)48(47-39-18-6-2-13-32(39)28-29-44(46)47)45-30-35-14-3-5-17-38(35)40-19-7-8-20-41(40)45/h1-30H. The minimum atomic E-state index is 1.23. The average Bonchev–Trinajstić information content (AvgIpc) is 3.16. The van der Waals surface area contributed by atoms with Crippen LogP contribution in [0.1, 0.15) is 0 Å². The van der Waals surface area contributed by atoms with Gasteiger partial charge in [0, 0.05) is 0 Å². The van der Waals surface area contributed by atoms with Gasteiger partial charge in [0.05, 0.1) is 0 Å². The van der Waals surface area contributed by atoms with Gasteiger partial charge in [-0.25, -0.2) is 0 Å². The van der Waals surface area contributed by atoms with Crippen molar-refractivity contribution in [3.05, 3.63) is 182 Å². The lowest BCUT2D eigenvalue weighted by molar-refractivity contribution is 1.64. The molecular formula is C48H30. The van der Waals surface area contributed by atoms with Crippen molar-refractivity contribution in [2.24, 2.45) is 0 Å². The molecule has 0 spiro atoms. The smallest absolute Gasteiger partial charge is 0.00137 e. The maximum atomic E-state index is 2.42. The predicted octanol–water partition coefficient (Wildman–Crippen LogP) is 13.6. The zero-order valence-corrected chi connectivity index (χ0v) is 26.3. The lowest BCUT2D eigenvalue weighted by Gasteiger charge is -2.21. The number of benzene rings is 10. The van der Waals surface area contributed by atoms with Gasteiger partial charge in [0.1, 0.15) is 0 Å². The Morgan fingerprint density at radius 3 is 1.50 bits per heavy atom. The molecule has 0 N–H and O–H groups in total. The molecule has 0 saturated heterocycles. The molecule has 0 aliphatic carbocycles. The fourth-order valence-electron chi connectivity index (χ4n) is 8.09. The second-order valence-electron chi connectivity index (χ2n) is 12.8. The van der Waals surface area contributed by atoms with E-state index >= 15 is 0 Å². The van der Waals surface area contributed by atoms with Crippen molar-refractivity contribution < 1.29 is 0 Å². The first-order valence-corrected chi connectivity index (χ1v) is 16.7. The molecule has 0 radical (unpaired) electrons. The van der Waals surface area contributed by atoms with Crippen molar-refractivity contribution in [1.29, 1.82) is 0 Å². The highest BCUT2D eigenvalue weighted by molar-refractivity contribution is 6.30. The molecule has 0 heteroatoms. The SMILES string of the molecule is c1ccc2c(-c3ccc(-c4c5ccccc5c(-c5cc6ccccc6c6ccccc56)c5c4ccc4ccccc45)cc3)cccc2c1. The van der Waals surface area contributed by atoms with E-state index in [0.717, 1.165) is 0 Å². The molecule has 0 amide bonds. The molecule has 10 rings (SSSR count). The molecule has 0 heterocycles. The van der Waals surface area contributed by atoms with E-state index in [0.29, 0.717) is 0 Å². The van der Waals surface area contributed by atoms with E-state index in [1.54, 1.807) is 0 Å². The molecule has 0 fully saturated rings. The Kier molecular flexibility index (Phi) is 5.98. The quantitative estimate of drug-likeness (QED) is 0.139. The number of hydrogen-bond acceptors (Lipinski definition) is 0. The van der Waals surface area contributed by atoms with Crippen LogP contribution >= 0.6 is 0 Å². The fourth-order valence-corrected chi connectivity index (χ4v) is 8.09. The fraction of sp³-hybridized carbons (Fsp3) is 0. The largest absolute Gasteiger partial charge is 0.0616 e. The minimum absolute atomic E-state index is 1.23. The Bertz CT molecular complexity index is 2870. The van der Waals surface area contributed by atoms with Gasteiger partial charge >= 0.3 is 0 Å². The van der Waals surface area contributed by atoms with E-state index in [4.69, 9.17) is 0 Å². The highest BCUT2D eigenvalue weighted by Gasteiger charge is 2.20. The van der Waals surface area contributed by atoms with Crippen LogP contribution in [-0.2, 0) is 0 Å². The highest BCUT2D eigenvalue weighted by Crippen LogP contribution is 2.48. The summed E-state index contributed by atoms with van der Waals surface area (Å²) in [5.41, 5.74) is 7.58. The van der Waals surface area contributed by atoms with Gasteiger partial charge in [0.25, 0.3) is 0 Å². The van der Waals surface area contributed by atoms with Gasteiger partial charge < -0.3 is 0 Å². The third-order valence-electron chi connectivity index (χ3n) is 10.2. The van der Waals surface area contributed by atoms with E-state index in [1.807, 2.05) is 0 Å². The summed E-state index contributed by atoms with van der Waals surface area (Å²) in [6, 6.07) is 67.1. The molecule has 0 bridgehead atoms. The summed E-state index contributed by atoms with van der Waals surface area (Å²) < 4.78 is 0. The van der Waals surface area contributed by atoms with Crippen LogP contribution < -0.4 is 0 Å². The molecule has 0 nitrogen and oxygen atoms in total. The molecule has 0 aliphatic heterocycles. The second kappa shape index (κ2) is 10.7. The number of rotatable bonds is 3. The van der Waals surface area contributed by atoms with Gasteiger partial charge in [-0.05, 0) is 104 Å². The number of fused-ring (bicyclic) bond motifs is 8. The summed E-state index contributed by atoms with van der Waals surface area (Å²) in [6.07, 6.45) is 0. The Hall–Kier alpha value is -6.24. The summed E-state index contributed by atoms with van der Waals surface area (Å²) in [5.74, 6) is 0. The third-order valence-corrected chi connectivity index (χ3v) is 10.2. The second-order valence-corrected chi connectivity index (χ2v) is 12.8. The van der Waals surface area contributed by atoms with Crippen LogP contribution in [0, 0.1) is 0 Å². The van der Waals surface area contributed by atoms with Crippen LogP contribution in [0.4, 0.5) is 0 Å². The van der Waals surface area contributed by atoms with Crippen LogP contribution in [0.25, 0.3) is 98.0 Å². The van der Waals surface area contributed by atoms with Crippen LogP contribution in [0.3, 0.4) is 0 Å². The minimum Gasteiger partial charge on any atom is -0.0616 e. The summed E-state index contributed by atoms with van der Waals surface area (Å²) in [4.78, 5) is 0. The van der Waals surface area contributed by atoms with Crippen LogP contribution in [0.15, 0.2) is 182 Å². The van der Waals surface area contributed by atoms with Crippen molar-refractivity contribution in [1.82, 2.24) is 0 Å². The molecule has 48 heavy (non-hydrogen) atoms. The molecule has 0 aliphatic rings. The summed E-state index contributed by atoms with van der Waals surface area (Å²) in [6.45, 7) is 0. The first-order valence-electron chi connectivity index (χ1n) is 16.7. The molecule has 10 aromatic carbocycles. The maximum Gasteiger partial charge on any atom is -0.00137 e. The van der Waals surface area contributed by atoms with Crippen molar-refractivity contribution in [3.8, 4) is 33.4 Å². The van der Waals surface area contributed by atoms with Crippen LogP contribution in [-0.4, -0.2) is 0 Å². The first kappa shape index (κ1) is 26.9. The predicted molar refractivity (Wildman–Crippen MR) is 208 cm³/mol. The Labute approximate surface area is 279 Å². The molecule has 10 aromatic rings. The van der Waals surface area contributed by atoms with E-state index in [9.17, 15) is 0 Å². The molecule has 0 unspecified atom stereocenters. The van der Waals surface area contributed by atoms with Gasteiger partial charge in [-0.2, -0.15) is 0 Å².